The van der Waals surface area contributed by atoms with E-state index in [9.17, 15) is 14.4 Å². The van der Waals surface area contributed by atoms with Crippen LogP contribution in [-0.2, 0) is 23.9 Å². The SMILES string of the molecule is CCOC(=O)/C=C/[C@H]1CCCN1C.CCOC(=O)CC=P(c1ccccc1)(c1ccccc1)c1ccccc1.CN1CCC[C@@H]1C=O. The molecule has 8 heteroatoms. The maximum absolute atomic E-state index is 12.1. The molecule has 0 aromatic heterocycles. The van der Waals surface area contributed by atoms with Crippen LogP contribution in [-0.4, -0.2) is 86.3 Å². The third-order valence-corrected chi connectivity index (χ3v) is 12.4. The first kappa shape index (κ1) is 37.7. The molecule has 0 spiro atoms. The highest BCUT2D eigenvalue weighted by Gasteiger charge is 2.25. The molecular weight excluding hydrogens is 607 g/mol. The molecule has 0 bridgehead atoms. The van der Waals surface area contributed by atoms with Gasteiger partial charge in [0.25, 0.3) is 0 Å². The van der Waals surface area contributed by atoms with E-state index in [1.54, 1.807) is 0 Å². The monoisotopic (exact) mass is 658 g/mol. The number of nitrogens with zero attached hydrogens (tertiary/aromatic N) is 2. The maximum Gasteiger partial charge on any atom is 0.330 e. The lowest BCUT2D eigenvalue weighted by Crippen LogP contribution is -2.27. The molecule has 2 saturated heterocycles. The maximum atomic E-state index is 12.1. The number of rotatable bonds is 10. The van der Waals surface area contributed by atoms with Gasteiger partial charge in [-0.05, 0) is 89.5 Å². The highest BCUT2D eigenvalue weighted by Crippen LogP contribution is 2.43. The predicted octanol–water partition coefficient (Wildman–Crippen LogP) is 5.22. The minimum absolute atomic E-state index is 0.181. The number of esters is 2. The van der Waals surface area contributed by atoms with Crippen molar-refractivity contribution in [2.45, 2.75) is 58.0 Å². The number of carbonyl (C=O) groups excluding carboxylic acids is 3. The Hall–Kier alpha value is -3.77. The van der Waals surface area contributed by atoms with Gasteiger partial charge >= 0.3 is 11.9 Å². The summed E-state index contributed by atoms with van der Waals surface area (Å²) in [6, 6.07) is 32.1. The zero-order chi connectivity index (χ0) is 33.9. The molecule has 2 fully saturated rings. The molecule has 0 amide bonds. The zero-order valence-electron chi connectivity index (χ0n) is 28.4. The number of likely N-dealkylation sites (tertiary alicyclic amines) is 2. The highest BCUT2D eigenvalue weighted by molar-refractivity contribution is 7.94. The number of benzene rings is 3. The summed E-state index contributed by atoms with van der Waals surface area (Å²) in [5.41, 5.74) is 0. The highest BCUT2D eigenvalue weighted by atomic mass is 31.2. The van der Waals surface area contributed by atoms with Gasteiger partial charge < -0.3 is 14.3 Å². The summed E-state index contributed by atoms with van der Waals surface area (Å²) in [5.74, 6) is 1.77. The van der Waals surface area contributed by atoms with Crippen molar-refractivity contribution in [1.82, 2.24) is 9.80 Å². The van der Waals surface area contributed by atoms with Crippen LogP contribution in [0.3, 0.4) is 0 Å². The summed E-state index contributed by atoms with van der Waals surface area (Å²) in [6.45, 7) is 4.66. The van der Waals surface area contributed by atoms with E-state index in [0.29, 0.717) is 25.7 Å². The molecule has 0 N–H and O–H groups in total. The van der Waals surface area contributed by atoms with Gasteiger partial charge in [-0.3, -0.25) is 14.6 Å². The van der Waals surface area contributed by atoms with Gasteiger partial charge in [0.2, 0.25) is 0 Å². The zero-order valence-corrected chi connectivity index (χ0v) is 29.3. The van der Waals surface area contributed by atoms with Gasteiger partial charge in [0.1, 0.15) is 6.29 Å². The van der Waals surface area contributed by atoms with Crippen LogP contribution in [0.1, 0.15) is 46.0 Å². The smallest absolute Gasteiger partial charge is 0.330 e. The molecule has 2 aliphatic rings. The molecule has 252 valence electrons. The summed E-state index contributed by atoms with van der Waals surface area (Å²) >= 11 is 0. The molecule has 2 heterocycles. The standard InChI is InChI=1S/C23H23O2P.C10H17NO2.C6H11NO/c1-2-25-23(24)18-19-26(20-12-6-3-7-13-20,21-14-8-4-9-15-21)22-16-10-5-11-17-22;1-3-13-10(12)7-6-9-5-4-8-11(9)2;1-7-4-2-3-6(7)5-8/h3-17,19H,2,18H2,1H3;6-7,9H,3-5,8H2,1-2H3;5-6H,2-4H2,1H3/b;7-6+;/t;9-;6-/m.11/s1. The molecule has 2 aliphatic heterocycles. The second kappa shape index (κ2) is 20.5. The Morgan fingerprint density at radius 3 is 1.53 bits per heavy atom. The first-order chi connectivity index (χ1) is 22.8. The summed E-state index contributed by atoms with van der Waals surface area (Å²) in [5, 5.41) is 3.71. The Morgan fingerprint density at radius 2 is 1.17 bits per heavy atom. The summed E-state index contributed by atoms with van der Waals surface area (Å²) in [7, 11) is 4.07. The number of hydrogen-bond donors (Lipinski definition) is 0. The van der Waals surface area contributed by atoms with Crippen LogP contribution >= 0.6 is 6.89 Å². The summed E-state index contributed by atoms with van der Waals surface area (Å²) in [4.78, 5) is 37.6. The molecule has 5 rings (SSSR count). The second-order valence-electron chi connectivity index (χ2n) is 11.5. The topological polar surface area (TPSA) is 76.2 Å². The van der Waals surface area contributed by atoms with E-state index >= 15 is 0 Å². The fraction of sp³-hybridized carbons (Fsp3) is 0.385. The molecule has 0 saturated carbocycles. The molecular formula is C39H51N2O5P. The van der Waals surface area contributed by atoms with Crippen molar-refractivity contribution in [3.05, 3.63) is 103 Å². The summed E-state index contributed by atoms with van der Waals surface area (Å²) in [6.07, 6.45) is 9.40. The van der Waals surface area contributed by atoms with Crippen LogP contribution in [0.15, 0.2) is 103 Å². The van der Waals surface area contributed by atoms with Crippen LogP contribution < -0.4 is 15.9 Å². The van der Waals surface area contributed by atoms with Crippen LogP contribution in [0.4, 0.5) is 0 Å². The Bertz CT molecular complexity index is 1340. The van der Waals surface area contributed by atoms with Crippen LogP contribution in [0.2, 0.25) is 0 Å². The van der Waals surface area contributed by atoms with Gasteiger partial charge in [-0.1, -0.05) is 103 Å². The van der Waals surface area contributed by atoms with Gasteiger partial charge in [0, 0.05) is 12.1 Å². The molecule has 0 unspecified atom stereocenters. The van der Waals surface area contributed by atoms with Gasteiger partial charge in [0.15, 0.2) is 0 Å². The van der Waals surface area contributed by atoms with Gasteiger partial charge in [-0.2, -0.15) is 0 Å². The number of likely N-dealkylation sites (N-methyl/N-ethyl adjacent to an activating group) is 2. The van der Waals surface area contributed by atoms with Crippen molar-refractivity contribution in [3.63, 3.8) is 0 Å². The average Bonchev–Trinajstić information content (AvgIpc) is 3.73. The van der Waals surface area contributed by atoms with Gasteiger partial charge in [-0.25, -0.2) is 4.79 Å². The van der Waals surface area contributed by atoms with Gasteiger partial charge in [-0.15, -0.1) is 0 Å². The minimum Gasteiger partial charge on any atom is -0.466 e. The molecule has 2 atom stereocenters. The van der Waals surface area contributed by atoms with E-state index in [1.807, 2.05) is 45.2 Å². The molecule has 0 aliphatic carbocycles. The van der Waals surface area contributed by atoms with Crippen molar-refractivity contribution >= 4 is 46.8 Å². The lowest BCUT2D eigenvalue weighted by Gasteiger charge is -2.28. The fourth-order valence-electron chi connectivity index (χ4n) is 5.85. The van der Waals surface area contributed by atoms with Crippen LogP contribution in [0, 0.1) is 0 Å². The van der Waals surface area contributed by atoms with E-state index in [0.717, 1.165) is 32.2 Å². The lowest BCUT2D eigenvalue weighted by atomic mass is 10.2. The molecule has 3 aromatic rings. The number of carbonyl (C=O) groups is 3. The quantitative estimate of drug-likeness (QED) is 0.128. The largest absolute Gasteiger partial charge is 0.466 e. The Kier molecular flexibility index (Phi) is 16.4. The van der Waals surface area contributed by atoms with Crippen molar-refractivity contribution in [1.29, 1.82) is 0 Å². The molecule has 47 heavy (non-hydrogen) atoms. The number of ether oxygens (including phenoxy) is 2. The fourth-order valence-corrected chi connectivity index (χ4v) is 9.73. The van der Waals surface area contributed by atoms with Crippen LogP contribution in [0.25, 0.3) is 0 Å². The number of aldehydes is 1. The first-order valence-electron chi connectivity index (χ1n) is 16.6. The van der Waals surface area contributed by atoms with Crippen molar-refractivity contribution in [2.75, 3.05) is 40.4 Å². The predicted molar refractivity (Wildman–Crippen MR) is 196 cm³/mol. The second-order valence-corrected chi connectivity index (χ2v) is 14.9. The Morgan fingerprint density at radius 1 is 0.723 bits per heavy atom. The van der Waals surface area contributed by atoms with Gasteiger partial charge in [0.05, 0.1) is 25.7 Å². The number of hydrogen-bond acceptors (Lipinski definition) is 7. The van der Waals surface area contributed by atoms with E-state index in [2.05, 4.69) is 95.4 Å². The first-order valence-corrected chi connectivity index (χ1v) is 18.5. The Labute approximate surface area is 281 Å². The molecule has 3 aromatic carbocycles. The van der Waals surface area contributed by atoms with Crippen molar-refractivity contribution in [3.8, 4) is 0 Å². The van der Waals surface area contributed by atoms with Crippen LogP contribution in [0.5, 0.6) is 0 Å². The molecule has 0 radical (unpaired) electrons. The van der Waals surface area contributed by atoms with Crippen molar-refractivity contribution < 1.29 is 23.9 Å². The van der Waals surface area contributed by atoms with E-state index in [4.69, 9.17) is 9.47 Å². The van der Waals surface area contributed by atoms with E-state index in [-0.39, 0.29) is 18.0 Å². The van der Waals surface area contributed by atoms with E-state index in [1.165, 1.54) is 34.8 Å². The average molecular weight is 659 g/mol. The normalized spacial score (nSPS) is 18.0. The summed E-state index contributed by atoms with van der Waals surface area (Å²) < 4.78 is 9.99. The lowest BCUT2D eigenvalue weighted by molar-refractivity contribution is -0.141. The minimum atomic E-state index is -2.06. The van der Waals surface area contributed by atoms with E-state index < -0.39 is 6.89 Å². The Balaban J connectivity index is 0.000000235. The third kappa shape index (κ3) is 11.5. The third-order valence-electron chi connectivity index (χ3n) is 8.38. The van der Waals surface area contributed by atoms with Crippen molar-refractivity contribution in [2.24, 2.45) is 0 Å². The molecule has 7 nitrogen and oxygen atoms in total.